The lowest BCUT2D eigenvalue weighted by atomic mass is 9.95. The van der Waals surface area contributed by atoms with E-state index >= 15 is 0 Å². The number of aromatic nitrogens is 1. The van der Waals surface area contributed by atoms with Crippen LogP contribution < -0.4 is 24.4 Å². The van der Waals surface area contributed by atoms with Crippen LogP contribution in [0.1, 0.15) is 38.1 Å². The molecule has 1 aliphatic rings. The van der Waals surface area contributed by atoms with Crippen molar-refractivity contribution in [3.63, 3.8) is 0 Å². The van der Waals surface area contributed by atoms with E-state index in [4.69, 9.17) is 18.6 Å². The van der Waals surface area contributed by atoms with Gasteiger partial charge in [-0.2, -0.15) is 0 Å². The van der Waals surface area contributed by atoms with Crippen LogP contribution in [-0.4, -0.2) is 48.4 Å². The molecule has 2 aromatic carbocycles. The van der Waals surface area contributed by atoms with Crippen LogP contribution in [0.15, 0.2) is 80.1 Å². The minimum atomic E-state index is -0.927. The Morgan fingerprint density at radius 2 is 1.89 bits per heavy atom. The summed E-state index contributed by atoms with van der Waals surface area (Å²) in [7, 11) is 1.25. The quantitative estimate of drug-likeness (QED) is 0.133. The summed E-state index contributed by atoms with van der Waals surface area (Å²) in [6.07, 6.45) is 1.56. The molecular weight excluding hydrogens is 618 g/mol. The number of allylic oxidation sites excluding steroid dienone is 1. The number of hydrogen-bond donors (Lipinski definition) is 0. The Balaban J connectivity index is 1.61. The zero-order valence-electron chi connectivity index (χ0n) is 25.3. The van der Waals surface area contributed by atoms with E-state index in [1.807, 2.05) is 0 Å². The standard InChI is InChI=1S/C32H29N3O10S/c1-5-42-25-15-20(10-12-24(25)44-17-27(36)41-4)29-28(31(38)43-6-2)18(3)33-32-34(29)30(37)26(46-32)16-22-11-13-23(45-22)19-8-7-9-21(14-19)35(39)40/h7-16,29H,5-6,17H2,1-4H3/b26-16-/t29-/m0/s1. The molecule has 0 fully saturated rings. The molecule has 2 aromatic heterocycles. The van der Waals surface area contributed by atoms with Gasteiger partial charge in [0.1, 0.15) is 11.5 Å². The van der Waals surface area contributed by atoms with Crippen molar-refractivity contribution in [2.45, 2.75) is 26.8 Å². The minimum absolute atomic E-state index is 0.0768. The molecular formula is C32H29N3O10S. The second kappa shape index (κ2) is 13.6. The van der Waals surface area contributed by atoms with E-state index in [1.54, 1.807) is 69.3 Å². The van der Waals surface area contributed by atoms with Crippen LogP contribution in [0.4, 0.5) is 5.69 Å². The van der Waals surface area contributed by atoms with Crippen LogP contribution >= 0.6 is 11.3 Å². The molecule has 0 amide bonds. The summed E-state index contributed by atoms with van der Waals surface area (Å²) in [4.78, 5) is 54.6. The Hall–Kier alpha value is -5.50. The van der Waals surface area contributed by atoms with E-state index in [-0.39, 0.29) is 41.4 Å². The molecule has 3 heterocycles. The molecule has 0 saturated heterocycles. The average molecular weight is 648 g/mol. The fraction of sp³-hybridized carbons (Fsp3) is 0.250. The number of rotatable bonds is 11. The minimum Gasteiger partial charge on any atom is -0.490 e. The van der Waals surface area contributed by atoms with Crippen LogP contribution in [-0.2, 0) is 19.1 Å². The smallest absolute Gasteiger partial charge is 0.343 e. The first-order chi connectivity index (χ1) is 22.1. The van der Waals surface area contributed by atoms with Crippen molar-refractivity contribution in [3.8, 4) is 22.8 Å². The number of fused-ring (bicyclic) bond motifs is 1. The zero-order valence-corrected chi connectivity index (χ0v) is 26.1. The van der Waals surface area contributed by atoms with Crippen molar-refractivity contribution < 1.29 is 37.9 Å². The molecule has 1 atom stereocenters. The Morgan fingerprint density at radius 1 is 1.09 bits per heavy atom. The van der Waals surface area contributed by atoms with Gasteiger partial charge < -0.3 is 23.4 Å². The second-order valence-electron chi connectivity index (χ2n) is 9.82. The molecule has 14 heteroatoms. The predicted octanol–water partition coefficient (Wildman–Crippen LogP) is 3.92. The summed E-state index contributed by atoms with van der Waals surface area (Å²) in [6, 6.07) is 13.3. The van der Waals surface area contributed by atoms with Gasteiger partial charge in [-0.1, -0.05) is 29.5 Å². The summed E-state index contributed by atoms with van der Waals surface area (Å²) in [5.41, 5.74) is 1.08. The number of esters is 2. The first kappa shape index (κ1) is 31.9. The summed E-state index contributed by atoms with van der Waals surface area (Å²) in [5.74, 6) is 0.108. The molecule has 13 nitrogen and oxygen atoms in total. The molecule has 0 aliphatic carbocycles. The van der Waals surface area contributed by atoms with Gasteiger partial charge in [0.2, 0.25) is 0 Å². The van der Waals surface area contributed by atoms with E-state index < -0.39 is 28.5 Å². The molecule has 0 bridgehead atoms. The molecule has 46 heavy (non-hydrogen) atoms. The van der Waals surface area contributed by atoms with Gasteiger partial charge in [0.15, 0.2) is 22.9 Å². The number of furan rings is 1. The molecule has 0 unspecified atom stereocenters. The number of nitro groups is 1. The largest absolute Gasteiger partial charge is 0.490 e. The molecule has 238 valence electrons. The molecule has 0 N–H and O–H groups in total. The van der Waals surface area contributed by atoms with Crippen LogP contribution in [0.25, 0.3) is 17.4 Å². The summed E-state index contributed by atoms with van der Waals surface area (Å²) < 4.78 is 29.0. The number of methoxy groups -OCH3 is 1. The first-order valence-corrected chi connectivity index (χ1v) is 15.0. The second-order valence-corrected chi connectivity index (χ2v) is 10.8. The predicted molar refractivity (Wildman–Crippen MR) is 166 cm³/mol. The van der Waals surface area contributed by atoms with Gasteiger partial charge in [-0.25, -0.2) is 14.6 Å². The number of non-ortho nitro benzene ring substituents is 1. The highest BCUT2D eigenvalue weighted by Crippen LogP contribution is 2.36. The Kier molecular flexibility index (Phi) is 9.47. The van der Waals surface area contributed by atoms with Crippen LogP contribution in [0.2, 0.25) is 0 Å². The summed E-state index contributed by atoms with van der Waals surface area (Å²) in [5, 5.41) is 11.2. The maximum atomic E-state index is 14.0. The Morgan fingerprint density at radius 3 is 2.61 bits per heavy atom. The summed E-state index contributed by atoms with van der Waals surface area (Å²) in [6.45, 7) is 5.20. The third-order valence-electron chi connectivity index (χ3n) is 6.92. The highest BCUT2D eigenvalue weighted by Gasteiger charge is 2.34. The third-order valence-corrected chi connectivity index (χ3v) is 7.90. The van der Waals surface area contributed by atoms with E-state index in [1.165, 1.54) is 23.8 Å². The molecule has 0 radical (unpaired) electrons. The number of ether oxygens (including phenoxy) is 4. The fourth-order valence-electron chi connectivity index (χ4n) is 4.87. The van der Waals surface area contributed by atoms with Gasteiger partial charge in [-0.05, 0) is 50.6 Å². The SMILES string of the molecule is CCOC(=O)C1=C(C)N=c2s/c(=C\c3ccc(-c4cccc([N+](=O)[O-])c4)o3)c(=O)n2[C@H]1c1ccc(OCC(=O)OC)c(OCC)c1. The van der Waals surface area contributed by atoms with Crippen LogP contribution in [0, 0.1) is 10.1 Å². The number of carbonyl (C=O) groups excluding carboxylic acids is 2. The Labute approximate surface area is 265 Å². The number of benzene rings is 2. The van der Waals surface area contributed by atoms with Crippen molar-refractivity contribution in [1.82, 2.24) is 4.57 Å². The van der Waals surface area contributed by atoms with Crippen molar-refractivity contribution in [1.29, 1.82) is 0 Å². The number of nitro benzene ring substituents is 1. The number of hydrogen-bond acceptors (Lipinski definition) is 12. The van der Waals surface area contributed by atoms with Crippen molar-refractivity contribution >= 4 is 35.0 Å². The number of nitrogens with zero attached hydrogens (tertiary/aromatic N) is 3. The number of thiazole rings is 1. The lowest BCUT2D eigenvalue weighted by Crippen LogP contribution is -2.40. The fourth-order valence-corrected chi connectivity index (χ4v) is 5.90. The maximum Gasteiger partial charge on any atom is 0.343 e. The highest BCUT2D eigenvalue weighted by atomic mass is 32.1. The molecule has 1 aliphatic heterocycles. The molecule has 4 aromatic rings. The van der Waals surface area contributed by atoms with Gasteiger partial charge in [0.05, 0.1) is 47.1 Å². The van der Waals surface area contributed by atoms with Gasteiger partial charge in [-0.15, -0.1) is 0 Å². The Bertz CT molecular complexity index is 2040. The monoisotopic (exact) mass is 647 g/mol. The van der Waals surface area contributed by atoms with E-state index in [0.717, 1.165) is 11.3 Å². The van der Waals surface area contributed by atoms with Gasteiger partial charge >= 0.3 is 11.9 Å². The van der Waals surface area contributed by atoms with E-state index in [0.29, 0.717) is 38.9 Å². The highest BCUT2D eigenvalue weighted by molar-refractivity contribution is 7.07. The molecule has 0 saturated carbocycles. The zero-order chi connectivity index (χ0) is 33.0. The van der Waals surface area contributed by atoms with E-state index in [9.17, 15) is 24.5 Å². The lowest BCUT2D eigenvalue weighted by molar-refractivity contribution is -0.384. The van der Waals surface area contributed by atoms with Crippen molar-refractivity contribution in [2.24, 2.45) is 4.99 Å². The topological polar surface area (TPSA) is 162 Å². The van der Waals surface area contributed by atoms with Crippen molar-refractivity contribution in [2.75, 3.05) is 26.9 Å². The third kappa shape index (κ3) is 6.47. The molecule has 5 rings (SSSR count). The maximum absolute atomic E-state index is 14.0. The van der Waals surface area contributed by atoms with Crippen molar-refractivity contribution in [3.05, 3.63) is 107 Å². The normalized spacial score (nSPS) is 14.3. The lowest BCUT2D eigenvalue weighted by Gasteiger charge is -2.25. The average Bonchev–Trinajstić information content (AvgIpc) is 3.63. The number of carbonyl (C=O) groups is 2. The van der Waals surface area contributed by atoms with Gasteiger partial charge in [-0.3, -0.25) is 19.5 Å². The molecule has 0 spiro atoms. The van der Waals surface area contributed by atoms with E-state index in [2.05, 4.69) is 9.73 Å². The van der Waals surface area contributed by atoms with Crippen LogP contribution in [0.5, 0.6) is 11.5 Å². The summed E-state index contributed by atoms with van der Waals surface area (Å²) >= 11 is 1.11. The van der Waals surface area contributed by atoms with Gasteiger partial charge in [0, 0.05) is 23.8 Å². The first-order valence-electron chi connectivity index (χ1n) is 14.2. The van der Waals surface area contributed by atoms with Crippen LogP contribution in [0.3, 0.4) is 0 Å². The van der Waals surface area contributed by atoms with Gasteiger partial charge in [0.25, 0.3) is 11.2 Å².